The van der Waals surface area contributed by atoms with Crippen molar-refractivity contribution in [3.63, 3.8) is 0 Å². The number of imidazole rings is 1. The zero-order valence-electron chi connectivity index (χ0n) is 11.1. The number of nitrogens with zero attached hydrogens (tertiary/aromatic N) is 1. The van der Waals surface area contributed by atoms with Gasteiger partial charge in [-0.3, -0.25) is 4.57 Å². The van der Waals surface area contributed by atoms with Crippen LogP contribution < -0.4 is 4.74 Å². The van der Waals surface area contributed by atoms with Gasteiger partial charge in [-0.15, -0.1) is 0 Å². The number of rotatable bonds is 3. The summed E-state index contributed by atoms with van der Waals surface area (Å²) < 4.78 is 31.8. The zero-order valence-corrected chi connectivity index (χ0v) is 12.0. The summed E-state index contributed by atoms with van der Waals surface area (Å²) in [5.74, 6) is 0.0889. The summed E-state index contributed by atoms with van der Waals surface area (Å²) >= 11 is 5.33. The van der Waals surface area contributed by atoms with Crippen LogP contribution in [-0.4, -0.2) is 16.2 Å². The van der Waals surface area contributed by atoms with E-state index in [1.54, 1.807) is 22.8 Å². The minimum atomic E-state index is -2.88. The van der Waals surface area contributed by atoms with Gasteiger partial charge >= 0.3 is 6.61 Å². The summed E-state index contributed by atoms with van der Waals surface area (Å²) in [7, 11) is 0. The Labute approximate surface area is 124 Å². The standard InChI is InChI=1S/C15H12F2N2OS/c1-9-5-4-7-11-13(9)18-15(21)19(11)10-6-2-3-8-12(10)20-14(16)17/h2-8,14H,1H3,(H,18,21). The van der Waals surface area contributed by atoms with E-state index in [0.29, 0.717) is 10.5 Å². The van der Waals surface area contributed by atoms with Gasteiger partial charge in [0.25, 0.3) is 0 Å². The molecular weight excluding hydrogens is 294 g/mol. The molecule has 0 amide bonds. The van der Waals surface area contributed by atoms with Crippen LogP contribution in [0, 0.1) is 11.7 Å². The number of aryl methyl sites for hydroxylation is 1. The first-order valence-corrected chi connectivity index (χ1v) is 6.73. The van der Waals surface area contributed by atoms with Gasteiger partial charge in [-0.2, -0.15) is 8.78 Å². The second kappa shape index (κ2) is 5.29. The second-order valence-electron chi connectivity index (χ2n) is 4.58. The molecule has 2 aromatic carbocycles. The number of hydrogen-bond acceptors (Lipinski definition) is 2. The van der Waals surface area contributed by atoms with E-state index in [4.69, 9.17) is 12.2 Å². The van der Waals surface area contributed by atoms with Crippen LogP contribution in [0.4, 0.5) is 8.78 Å². The summed E-state index contributed by atoms with van der Waals surface area (Å²) in [4.78, 5) is 3.11. The normalized spacial score (nSPS) is 11.2. The Morgan fingerprint density at radius 1 is 1.14 bits per heavy atom. The van der Waals surface area contributed by atoms with Crippen LogP contribution in [-0.2, 0) is 0 Å². The maximum absolute atomic E-state index is 12.6. The molecule has 3 nitrogen and oxygen atoms in total. The smallest absolute Gasteiger partial charge is 0.387 e. The van der Waals surface area contributed by atoms with Crippen molar-refractivity contribution >= 4 is 23.3 Å². The third-order valence-corrected chi connectivity index (χ3v) is 3.53. The summed E-state index contributed by atoms with van der Waals surface area (Å²) in [6, 6.07) is 12.3. The first-order valence-electron chi connectivity index (χ1n) is 6.32. The highest BCUT2D eigenvalue weighted by atomic mass is 32.1. The highest BCUT2D eigenvalue weighted by Crippen LogP contribution is 2.29. The molecule has 1 heterocycles. The van der Waals surface area contributed by atoms with E-state index in [1.807, 2.05) is 25.1 Å². The molecule has 0 radical (unpaired) electrons. The van der Waals surface area contributed by atoms with Gasteiger partial charge in [-0.25, -0.2) is 0 Å². The Hall–Kier alpha value is -2.21. The van der Waals surface area contributed by atoms with Crippen molar-refractivity contribution in [2.75, 3.05) is 0 Å². The van der Waals surface area contributed by atoms with E-state index >= 15 is 0 Å². The predicted octanol–water partition coefficient (Wildman–Crippen LogP) is 4.60. The van der Waals surface area contributed by atoms with Crippen LogP contribution in [0.25, 0.3) is 16.7 Å². The van der Waals surface area contributed by atoms with E-state index in [9.17, 15) is 8.78 Å². The van der Waals surface area contributed by atoms with Crippen LogP contribution in [0.5, 0.6) is 5.75 Å². The predicted molar refractivity (Wildman–Crippen MR) is 79.8 cm³/mol. The monoisotopic (exact) mass is 306 g/mol. The van der Waals surface area contributed by atoms with Gasteiger partial charge in [0, 0.05) is 0 Å². The maximum Gasteiger partial charge on any atom is 0.387 e. The first kappa shape index (κ1) is 13.8. The van der Waals surface area contributed by atoms with E-state index in [1.165, 1.54) is 6.07 Å². The molecule has 108 valence electrons. The fraction of sp³-hybridized carbons (Fsp3) is 0.133. The van der Waals surface area contributed by atoms with Gasteiger partial charge in [0.15, 0.2) is 4.77 Å². The number of benzene rings is 2. The lowest BCUT2D eigenvalue weighted by molar-refractivity contribution is -0.0498. The summed E-state index contributed by atoms with van der Waals surface area (Å²) in [6.45, 7) is -0.924. The molecule has 0 fully saturated rings. The number of H-pyrrole nitrogens is 1. The third-order valence-electron chi connectivity index (χ3n) is 3.25. The number of hydrogen-bond donors (Lipinski definition) is 1. The molecule has 0 saturated carbocycles. The zero-order chi connectivity index (χ0) is 15.0. The Bertz CT molecular complexity index is 854. The van der Waals surface area contributed by atoms with Crippen molar-refractivity contribution in [1.82, 2.24) is 9.55 Å². The molecule has 0 unspecified atom stereocenters. The van der Waals surface area contributed by atoms with Crippen molar-refractivity contribution in [2.24, 2.45) is 0 Å². The molecule has 0 aliphatic rings. The maximum atomic E-state index is 12.6. The summed E-state index contributed by atoms with van der Waals surface area (Å²) in [5, 5.41) is 0. The SMILES string of the molecule is Cc1cccc2c1[nH]c(=S)n2-c1ccccc1OC(F)F. The van der Waals surface area contributed by atoms with Crippen LogP contribution in [0.2, 0.25) is 0 Å². The average Bonchev–Trinajstić information content (AvgIpc) is 2.77. The number of halogens is 2. The molecule has 0 aliphatic heterocycles. The van der Waals surface area contributed by atoms with Crippen LogP contribution in [0.15, 0.2) is 42.5 Å². The minimum absolute atomic E-state index is 0.0889. The van der Waals surface area contributed by atoms with Crippen molar-refractivity contribution < 1.29 is 13.5 Å². The van der Waals surface area contributed by atoms with Crippen molar-refractivity contribution in [3.8, 4) is 11.4 Å². The average molecular weight is 306 g/mol. The molecule has 3 rings (SSSR count). The fourth-order valence-corrected chi connectivity index (χ4v) is 2.65. The number of nitrogens with one attached hydrogen (secondary N) is 1. The molecular formula is C15H12F2N2OS. The lowest BCUT2D eigenvalue weighted by Gasteiger charge is -2.12. The number of para-hydroxylation sites is 3. The second-order valence-corrected chi connectivity index (χ2v) is 4.97. The van der Waals surface area contributed by atoms with Gasteiger partial charge < -0.3 is 9.72 Å². The fourth-order valence-electron chi connectivity index (χ4n) is 2.35. The molecule has 21 heavy (non-hydrogen) atoms. The van der Waals surface area contributed by atoms with E-state index in [2.05, 4.69) is 9.72 Å². The largest absolute Gasteiger partial charge is 0.433 e. The molecule has 0 spiro atoms. The molecule has 0 aliphatic carbocycles. The summed E-state index contributed by atoms with van der Waals surface area (Å²) in [6.07, 6.45) is 0. The number of aromatic nitrogens is 2. The van der Waals surface area contributed by atoms with E-state index < -0.39 is 6.61 Å². The van der Waals surface area contributed by atoms with Gasteiger partial charge in [0.05, 0.1) is 16.7 Å². The molecule has 3 aromatic rings. The summed E-state index contributed by atoms with van der Waals surface area (Å²) in [5.41, 5.74) is 3.23. The molecule has 0 atom stereocenters. The molecule has 0 saturated heterocycles. The first-order chi connectivity index (χ1) is 10.1. The minimum Gasteiger partial charge on any atom is -0.433 e. The van der Waals surface area contributed by atoms with Gasteiger partial charge in [-0.1, -0.05) is 24.3 Å². The third kappa shape index (κ3) is 2.42. The highest BCUT2D eigenvalue weighted by Gasteiger charge is 2.14. The van der Waals surface area contributed by atoms with Crippen LogP contribution >= 0.6 is 12.2 Å². The van der Waals surface area contributed by atoms with Gasteiger partial charge in [0.2, 0.25) is 0 Å². The number of fused-ring (bicyclic) bond motifs is 1. The number of aromatic amines is 1. The molecule has 1 N–H and O–H groups in total. The Morgan fingerprint density at radius 2 is 1.90 bits per heavy atom. The Balaban J connectivity index is 2.29. The Kier molecular flexibility index (Phi) is 3.47. The lowest BCUT2D eigenvalue weighted by atomic mass is 10.2. The van der Waals surface area contributed by atoms with Crippen molar-refractivity contribution in [3.05, 3.63) is 52.8 Å². The number of ether oxygens (including phenoxy) is 1. The van der Waals surface area contributed by atoms with Gasteiger partial charge in [0.1, 0.15) is 5.75 Å². The van der Waals surface area contributed by atoms with Crippen LogP contribution in [0.1, 0.15) is 5.56 Å². The molecule has 1 aromatic heterocycles. The highest BCUT2D eigenvalue weighted by molar-refractivity contribution is 7.71. The van der Waals surface area contributed by atoms with Crippen LogP contribution in [0.3, 0.4) is 0 Å². The van der Waals surface area contributed by atoms with E-state index in [-0.39, 0.29) is 5.75 Å². The quantitative estimate of drug-likeness (QED) is 0.717. The Morgan fingerprint density at radius 3 is 2.67 bits per heavy atom. The lowest BCUT2D eigenvalue weighted by Crippen LogP contribution is -2.06. The van der Waals surface area contributed by atoms with E-state index in [0.717, 1.165) is 16.6 Å². The van der Waals surface area contributed by atoms with Crippen molar-refractivity contribution in [1.29, 1.82) is 0 Å². The number of alkyl halides is 2. The molecule has 6 heteroatoms. The van der Waals surface area contributed by atoms with Crippen molar-refractivity contribution in [2.45, 2.75) is 13.5 Å². The molecule has 0 bridgehead atoms. The topological polar surface area (TPSA) is 29.9 Å². The van der Waals surface area contributed by atoms with Gasteiger partial charge in [-0.05, 0) is 42.9 Å².